The van der Waals surface area contributed by atoms with Crippen molar-refractivity contribution in [3.63, 3.8) is 0 Å². The average Bonchev–Trinajstić information content (AvgIpc) is 2.24. The van der Waals surface area contributed by atoms with Crippen molar-refractivity contribution in [1.29, 1.82) is 0 Å². The van der Waals surface area contributed by atoms with Crippen LogP contribution in [0.1, 0.15) is 33.6 Å². The number of alkyl carbamates (subject to hydrolysis) is 1. The smallest absolute Gasteiger partial charge is 0.408 e. The topological polar surface area (TPSA) is 67.9 Å². The second-order valence-corrected chi connectivity index (χ2v) is 5.07. The van der Waals surface area contributed by atoms with E-state index in [0.29, 0.717) is 13.0 Å². The summed E-state index contributed by atoms with van der Waals surface area (Å²) in [6.45, 7) is 6.01. The van der Waals surface area contributed by atoms with Crippen LogP contribution in [0.15, 0.2) is 0 Å². The highest BCUT2D eigenvalue weighted by molar-refractivity contribution is 5.73. The maximum Gasteiger partial charge on any atom is 0.408 e. The van der Waals surface area contributed by atoms with Crippen LogP contribution >= 0.6 is 0 Å². The molecule has 0 bridgehead atoms. The van der Waals surface area contributed by atoms with E-state index in [1.54, 1.807) is 40.0 Å². The molecule has 0 fully saturated rings. The van der Waals surface area contributed by atoms with Crippen LogP contribution in [0.5, 0.6) is 0 Å². The van der Waals surface area contributed by atoms with Gasteiger partial charge in [0.25, 0.3) is 0 Å². The van der Waals surface area contributed by atoms with Crippen LogP contribution in [0.4, 0.5) is 4.79 Å². The minimum atomic E-state index is -0.570. The Balaban J connectivity index is 3.96. The fraction of sp³-hybridized carbons (Fsp3) is 0.833. The van der Waals surface area contributed by atoms with E-state index in [4.69, 9.17) is 9.57 Å². The SMILES string of the molecule is CON(C)CCCC(C=O)NC(=O)OC(C)(C)C. The van der Waals surface area contributed by atoms with Crippen LogP contribution in [0.2, 0.25) is 0 Å². The van der Waals surface area contributed by atoms with E-state index in [1.165, 1.54) is 0 Å². The molecule has 1 N–H and O–H groups in total. The molecule has 6 nitrogen and oxygen atoms in total. The van der Waals surface area contributed by atoms with Crippen molar-refractivity contribution in [3.8, 4) is 0 Å². The van der Waals surface area contributed by atoms with Crippen LogP contribution in [-0.4, -0.2) is 49.8 Å². The van der Waals surface area contributed by atoms with Gasteiger partial charge in [-0.1, -0.05) is 0 Å². The van der Waals surface area contributed by atoms with Crippen molar-refractivity contribution in [3.05, 3.63) is 0 Å². The van der Waals surface area contributed by atoms with Crippen molar-refractivity contribution in [2.75, 3.05) is 20.7 Å². The Morgan fingerprint density at radius 2 is 2.06 bits per heavy atom. The summed E-state index contributed by atoms with van der Waals surface area (Å²) in [6, 6.07) is -0.523. The Kier molecular flexibility index (Phi) is 7.54. The van der Waals surface area contributed by atoms with Crippen molar-refractivity contribution >= 4 is 12.4 Å². The summed E-state index contributed by atoms with van der Waals surface area (Å²) in [5.74, 6) is 0. The zero-order valence-corrected chi connectivity index (χ0v) is 11.9. The summed E-state index contributed by atoms with van der Waals surface area (Å²) in [4.78, 5) is 27.2. The summed E-state index contributed by atoms with van der Waals surface area (Å²) in [7, 11) is 3.38. The highest BCUT2D eigenvalue weighted by atomic mass is 16.7. The number of hydroxylamine groups is 2. The lowest BCUT2D eigenvalue weighted by Gasteiger charge is -2.21. The summed E-state index contributed by atoms with van der Waals surface area (Å²) in [5, 5.41) is 4.19. The summed E-state index contributed by atoms with van der Waals surface area (Å²) in [5.41, 5.74) is -0.562. The molecular weight excluding hydrogens is 236 g/mol. The van der Waals surface area contributed by atoms with Crippen LogP contribution in [0.3, 0.4) is 0 Å². The lowest BCUT2D eigenvalue weighted by atomic mass is 10.2. The van der Waals surface area contributed by atoms with Gasteiger partial charge in [-0.2, -0.15) is 5.06 Å². The third-order valence-corrected chi connectivity index (χ3v) is 2.17. The van der Waals surface area contributed by atoms with Gasteiger partial charge in [-0.25, -0.2) is 4.79 Å². The molecule has 0 heterocycles. The van der Waals surface area contributed by atoms with E-state index < -0.39 is 17.7 Å². The number of amides is 1. The molecular formula is C12H24N2O4. The highest BCUT2D eigenvalue weighted by Gasteiger charge is 2.19. The number of carbonyl (C=O) groups is 2. The van der Waals surface area contributed by atoms with Gasteiger partial charge in [0.2, 0.25) is 0 Å². The first kappa shape index (κ1) is 16.9. The van der Waals surface area contributed by atoms with Gasteiger partial charge in [-0.3, -0.25) is 0 Å². The molecule has 0 saturated carbocycles. The molecule has 0 aromatic heterocycles. The lowest BCUT2D eigenvalue weighted by molar-refractivity contribution is -0.113. The second-order valence-electron chi connectivity index (χ2n) is 5.07. The third-order valence-electron chi connectivity index (χ3n) is 2.17. The molecule has 0 rings (SSSR count). The van der Waals surface area contributed by atoms with Gasteiger partial charge in [0.05, 0.1) is 13.2 Å². The number of nitrogens with one attached hydrogen (secondary N) is 1. The molecule has 18 heavy (non-hydrogen) atoms. The number of aldehydes is 1. The monoisotopic (exact) mass is 260 g/mol. The van der Waals surface area contributed by atoms with E-state index in [2.05, 4.69) is 5.32 Å². The van der Waals surface area contributed by atoms with Gasteiger partial charge < -0.3 is 19.7 Å². The fourth-order valence-electron chi connectivity index (χ4n) is 1.26. The lowest BCUT2D eigenvalue weighted by Crippen LogP contribution is -2.40. The number of nitrogens with zero attached hydrogens (tertiary/aromatic N) is 1. The third kappa shape index (κ3) is 8.95. The molecule has 0 aromatic rings. The number of hydrogen-bond acceptors (Lipinski definition) is 5. The molecule has 1 atom stereocenters. The van der Waals surface area contributed by atoms with Gasteiger partial charge in [-0.05, 0) is 33.6 Å². The van der Waals surface area contributed by atoms with Crippen LogP contribution in [0.25, 0.3) is 0 Å². The highest BCUT2D eigenvalue weighted by Crippen LogP contribution is 2.07. The Morgan fingerprint density at radius 1 is 1.44 bits per heavy atom. The maximum absolute atomic E-state index is 11.5. The first-order chi connectivity index (χ1) is 8.28. The first-order valence-electron chi connectivity index (χ1n) is 5.98. The molecule has 106 valence electrons. The summed E-state index contributed by atoms with van der Waals surface area (Å²) in [6.07, 6.45) is 1.44. The first-order valence-corrected chi connectivity index (χ1v) is 5.98. The van der Waals surface area contributed by atoms with Gasteiger partial charge >= 0.3 is 6.09 Å². The molecule has 0 aliphatic heterocycles. The van der Waals surface area contributed by atoms with E-state index in [0.717, 1.165) is 12.7 Å². The number of carbonyl (C=O) groups excluding carboxylic acids is 2. The normalized spacial score (nSPS) is 13.2. The largest absolute Gasteiger partial charge is 0.444 e. The zero-order chi connectivity index (χ0) is 14.2. The predicted octanol–water partition coefficient (Wildman–Crippen LogP) is 1.35. The van der Waals surface area contributed by atoms with E-state index in [-0.39, 0.29) is 0 Å². The van der Waals surface area contributed by atoms with Gasteiger partial charge in [0.1, 0.15) is 11.9 Å². The summed E-state index contributed by atoms with van der Waals surface area (Å²) >= 11 is 0. The molecule has 1 unspecified atom stereocenters. The Labute approximate surface area is 109 Å². The van der Waals surface area contributed by atoms with Crippen molar-refractivity contribution in [2.45, 2.75) is 45.3 Å². The van der Waals surface area contributed by atoms with E-state index >= 15 is 0 Å². The Hall–Kier alpha value is -1.14. The Bertz CT molecular complexity index is 263. The average molecular weight is 260 g/mol. The van der Waals surface area contributed by atoms with Crippen LogP contribution < -0.4 is 5.32 Å². The summed E-state index contributed by atoms with van der Waals surface area (Å²) < 4.78 is 5.07. The molecule has 1 amide bonds. The Morgan fingerprint density at radius 3 is 2.50 bits per heavy atom. The minimum absolute atomic E-state index is 0.523. The number of rotatable bonds is 7. The standard InChI is InChI=1S/C12H24N2O4/c1-12(2,3)18-11(16)13-10(9-15)7-6-8-14(4)17-5/h9-10H,6-8H2,1-5H3,(H,13,16). The minimum Gasteiger partial charge on any atom is -0.444 e. The molecule has 0 radical (unpaired) electrons. The van der Waals surface area contributed by atoms with Crippen molar-refractivity contribution < 1.29 is 19.2 Å². The van der Waals surface area contributed by atoms with Gasteiger partial charge in [0, 0.05) is 13.6 Å². The van der Waals surface area contributed by atoms with Crippen LogP contribution in [-0.2, 0) is 14.4 Å². The van der Waals surface area contributed by atoms with Gasteiger partial charge in [-0.15, -0.1) is 0 Å². The predicted molar refractivity (Wildman–Crippen MR) is 68.1 cm³/mol. The van der Waals surface area contributed by atoms with Crippen molar-refractivity contribution in [1.82, 2.24) is 10.4 Å². The molecule has 0 aliphatic carbocycles. The quantitative estimate of drug-likeness (QED) is 0.553. The molecule has 0 aromatic carbocycles. The van der Waals surface area contributed by atoms with E-state index in [1.807, 2.05) is 0 Å². The second kappa shape index (κ2) is 8.05. The molecule has 0 spiro atoms. The van der Waals surface area contributed by atoms with Crippen LogP contribution in [0, 0.1) is 0 Å². The number of ether oxygens (including phenoxy) is 1. The molecule has 0 aliphatic rings. The molecule has 0 saturated heterocycles. The zero-order valence-electron chi connectivity index (χ0n) is 11.9. The fourth-order valence-corrected chi connectivity index (χ4v) is 1.26. The maximum atomic E-state index is 11.5. The molecule has 6 heteroatoms. The van der Waals surface area contributed by atoms with E-state index in [9.17, 15) is 9.59 Å². The van der Waals surface area contributed by atoms with Gasteiger partial charge in [0.15, 0.2) is 0 Å². The van der Waals surface area contributed by atoms with Crippen molar-refractivity contribution in [2.24, 2.45) is 0 Å². The number of hydrogen-bond donors (Lipinski definition) is 1.